The van der Waals surface area contributed by atoms with E-state index in [1.54, 1.807) is 4.90 Å². The highest BCUT2D eigenvalue weighted by Crippen LogP contribution is 2.23. The van der Waals surface area contributed by atoms with Gasteiger partial charge in [-0.25, -0.2) is 8.42 Å². The van der Waals surface area contributed by atoms with E-state index in [1.807, 2.05) is 4.90 Å². The van der Waals surface area contributed by atoms with Crippen LogP contribution in [0.4, 0.5) is 0 Å². The molecule has 2 rings (SSSR count). The van der Waals surface area contributed by atoms with Gasteiger partial charge in [-0.15, -0.1) is 0 Å². The van der Waals surface area contributed by atoms with Crippen LogP contribution >= 0.6 is 0 Å². The van der Waals surface area contributed by atoms with Crippen LogP contribution in [0.3, 0.4) is 0 Å². The van der Waals surface area contributed by atoms with E-state index in [4.69, 9.17) is 0 Å². The number of aliphatic hydroxyl groups is 1. The number of likely N-dealkylation sites (tertiary alicyclic amines) is 1. The van der Waals surface area contributed by atoms with Crippen LogP contribution in [-0.2, 0) is 14.8 Å². The molecule has 0 spiro atoms. The minimum atomic E-state index is -3.17. The first-order chi connectivity index (χ1) is 9.82. The Labute approximate surface area is 126 Å². The summed E-state index contributed by atoms with van der Waals surface area (Å²) in [6, 6.07) is 0.0614. The molecule has 0 aliphatic carbocycles. The first-order valence-electron chi connectivity index (χ1n) is 7.40. The summed E-state index contributed by atoms with van der Waals surface area (Å²) in [6.45, 7) is 4.94. The molecule has 2 unspecified atom stereocenters. The summed E-state index contributed by atoms with van der Waals surface area (Å²) in [4.78, 5) is 16.1. The number of sulfonamides is 1. The molecule has 0 bridgehead atoms. The van der Waals surface area contributed by atoms with E-state index in [1.165, 1.54) is 10.6 Å². The molecule has 1 N–H and O–H groups in total. The average Bonchev–Trinajstić information content (AvgIpc) is 2.78. The number of nitrogens with zero attached hydrogens (tertiary/aromatic N) is 3. The number of carbonyl (C=O) groups is 1. The summed E-state index contributed by atoms with van der Waals surface area (Å²) in [5, 5.41) is 9.41. The lowest BCUT2D eigenvalue weighted by Crippen LogP contribution is -2.53. The minimum Gasteiger partial charge on any atom is -0.395 e. The highest BCUT2D eigenvalue weighted by molar-refractivity contribution is 7.88. The Morgan fingerprint density at radius 3 is 2.33 bits per heavy atom. The second kappa shape index (κ2) is 6.60. The predicted molar refractivity (Wildman–Crippen MR) is 79.2 cm³/mol. The Hall–Kier alpha value is -0.700. The molecule has 0 aromatic carbocycles. The van der Waals surface area contributed by atoms with Crippen molar-refractivity contribution in [1.82, 2.24) is 14.1 Å². The number of piperazine rings is 1. The van der Waals surface area contributed by atoms with Crippen molar-refractivity contribution in [1.29, 1.82) is 0 Å². The van der Waals surface area contributed by atoms with Gasteiger partial charge in [-0.05, 0) is 18.9 Å². The molecule has 2 saturated heterocycles. The summed E-state index contributed by atoms with van der Waals surface area (Å²) in [7, 11) is -3.17. The lowest BCUT2D eigenvalue weighted by atomic mass is 10.0. The SMILES string of the molecule is CC1CCN(CC(=O)N2CCN(S(C)(=O)=O)CC2)C1CO. The molecule has 2 atom stereocenters. The van der Waals surface area contributed by atoms with Gasteiger partial charge in [0.15, 0.2) is 0 Å². The van der Waals surface area contributed by atoms with Crippen LogP contribution in [0.15, 0.2) is 0 Å². The van der Waals surface area contributed by atoms with Gasteiger partial charge in [0.1, 0.15) is 0 Å². The van der Waals surface area contributed by atoms with Crippen molar-refractivity contribution in [3.63, 3.8) is 0 Å². The monoisotopic (exact) mass is 319 g/mol. The summed E-state index contributed by atoms with van der Waals surface area (Å²) < 4.78 is 24.3. The fourth-order valence-electron chi connectivity index (χ4n) is 3.12. The maximum atomic E-state index is 12.3. The molecule has 0 radical (unpaired) electrons. The zero-order chi connectivity index (χ0) is 15.6. The van der Waals surface area contributed by atoms with Gasteiger partial charge >= 0.3 is 0 Å². The quantitative estimate of drug-likeness (QED) is 0.703. The van der Waals surface area contributed by atoms with Crippen LogP contribution in [0.1, 0.15) is 13.3 Å². The largest absolute Gasteiger partial charge is 0.395 e. The molecule has 0 saturated carbocycles. The molecule has 7 nitrogen and oxygen atoms in total. The van der Waals surface area contributed by atoms with Crippen LogP contribution in [0.25, 0.3) is 0 Å². The van der Waals surface area contributed by atoms with Crippen molar-refractivity contribution < 1.29 is 18.3 Å². The lowest BCUT2D eigenvalue weighted by molar-refractivity contribution is -0.134. The molecular weight excluding hydrogens is 294 g/mol. The second-order valence-corrected chi connectivity index (χ2v) is 8.01. The summed E-state index contributed by atoms with van der Waals surface area (Å²) >= 11 is 0. The van der Waals surface area contributed by atoms with Crippen molar-refractivity contribution >= 4 is 15.9 Å². The number of aliphatic hydroxyl groups excluding tert-OH is 1. The normalized spacial score (nSPS) is 29.0. The van der Waals surface area contributed by atoms with Crippen molar-refractivity contribution in [2.75, 3.05) is 52.1 Å². The highest BCUT2D eigenvalue weighted by Gasteiger charge is 2.33. The maximum absolute atomic E-state index is 12.3. The number of hydrogen-bond acceptors (Lipinski definition) is 5. The molecule has 2 heterocycles. The standard InChI is InChI=1S/C13H25N3O4S/c1-11-3-4-15(12(11)10-17)9-13(18)14-5-7-16(8-6-14)21(2,19)20/h11-12,17H,3-10H2,1-2H3. The van der Waals surface area contributed by atoms with Gasteiger partial charge in [0.25, 0.3) is 0 Å². The van der Waals surface area contributed by atoms with E-state index >= 15 is 0 Å². The van der Waals surface area contributed by atoms with Gasteiger partial charge in [-0.1, -0.05) is 6.92 Å². The van der Waals surface area contributed by atoms with Crippen LogP contribution < -0.4 is 0 Å². The Kier molecular flexibility index (Phi) is 5.24. The molecule has 2 aliphatic rings. The third kappa shape index (κ3) is 3.94. The van der Waals surface area contributed by atoms with Gasteiger partial charge < -0.3 is 10.0 Å². The fourth-order valence-corrected chi connectivity index (χ4v) is 3.95. The number of carbonyl (C=O) groups excluding carboxylic acids is 1. The van der Waals surface area contributed by atoms with E-state index < -0.39 is 10.0 Å². The molecule has 2 aliphatic heterocycles. The Morgan fingerprint density at radius 2 is 1.81 bits per heavy atom. The van der Waals surface area contributed by atoms with E-state index in [-0.39, 0.29) is 18.6 Å². The predicted octanol–water partition coefficient (Wildman–Crippen LogP) is -1.21. The molecular formula is C13H25N3O4S. The van der Waals surface area contributed by atoms with Crippen LogP contribution in [0.5, 0.6) is 0 Å². The number of amides is 1. The van der Waals surface area contributed by atoms with E-state index in [2.05, 4.69) is 6.92 Å². The second-order valence-electron chi connectivity index (χ2n) is 6.03. The van der Waals surface area contributed by atoms with Gasteiger partial charge in [0.05, 0.1) is 19.4 Å². The lowest BCUT2D eigenvalue weighted by Gasteiger charge is -2.35. The molecule has 2 fully saturated rings. The van der Waals surface area contributed by atoms with Crippen LogP contribution in [0, 0.1) is 5.92 Å². The van der Waals surface area contributed by atoms with E-state index in [9.17, 15) is 18.3 Å². The smallest absolute Gasteiger partial charge is 0.236 e. The van der Waals surface area contributed by atoms with Crippen LogP contribution in [0.2, 0.25) is 0 Å². The molecule has 122 valence electrons. The first kappa shape index (κ1) is 16.7. The summed E-state index contributed by atoms with van der Waals surface area (Å²) in [5.74, 6) is 0.431. The zero-order valence-electron chi connectivity index (χ0n) is 12.7. The van der Waals surface area contributed by atoms with Gasteiger partial charge in [-0.3, -0.25) is 9.69 Å². The Balaban J connectivity index is 1.85. The fraction of sp³-hybridized carbons (Fsp3) is 0.923. The summed E-state index contributed by atoms with van der Waals surface area (Å²) in [6.07, 6.45) is 2.20. The van der Waals surface area contributed by atoms with Crippen molar-refractivity contribution in [3.05, 3.63) is 0 Å². The van der Waals surface area contributed by atoms with Crippen molar-refractivity contribution in [2.45, 2.75) is 19.4 Å². The highest BCUT2D eigenvalue weighted by atomic mass is 32.2. The molecule has 0 aromatic rings. The first-order valence-corrected chi connectivity index (χ1v) is 9.25. The molecule has 1 amide bonds. The minimum absolute atomic E-state index is 0.0238. The number of rotatable bonds is 4. The molecule has 8 heteroatoms. The van der Waals surface area contributed by atoms with Gasteiger partial charge in [-0.2, -0.15) is 4.31 Å². The summed E-state index contributed by atoms with van der Waals surface area (Å²) in [5.41, 5.74) is 0. The number of hydrogen-bond donors (Lipinski definition) is 1. The van der Waals surface area contributed by atoms with E-state index in [0.717, 1.165) is 13.0 Å². The molecule has 0 aromatic heterocycles. The van der Waals surface area contributed by atoms with Crippen molar-refractivity contribution in [3.8, 4) is 0 Å². The Morgan fingerprint density at radius 1 is 1.19 bits per heavy atom. The zero-order valence-corrected chi connectivity index (χ0v) is 13.5. The molecule has 21 heavy (non-hydrogen) atoms. The van der Waals surface area contributed by atoms with Crippen LogP contribution in [-0.4, -0.2) is 91.7 Å². The third-order valence-electron chi connectivity index (χ3n) is 4.58. The van der Waals surface area contributed by atoms with Crippen molar-refractivity contribution in [2.24, 2.45) is 5.92 Å². The maximum Gasteiger partial charge on any atom is 0.236 e. The van der Waals surface area contributed by atoms with Gasteiger partial charge in [0, 0.05) is 32.2 Å². The average molecular weight is 319 g/mol. The third-order valence-corrected chi connectivity index (χ3v) is 5.89. The topological polar surface area (TPSA) is 81.2 Å². The van der Waals surface area contributed by atoms with Gasteiger partial charge in [0.2, 0.25) is 15.9 Å². The Bertz CT molecular complexity index is 474. The van der Waals surface area contributed by atoms with E-state index in [0.29, 0.717) is 38.6 Å².